The fraction of sp³-hybridized carbons (Fsp3) is 0.250. The molecule has 1 aromatic heterocycles. The van der Waals surface area contributed by atoms with Crippen molar-refractivity contribution in [3.63, 3.8) is 0 Å². The predicted octanol–water partition coefficient (Wildman–Crippen LogP) is 5.12. The molecule has 0 N–H and O–H groups in total. The Labute approximate surface area is 173 Å². The summed E-state index contributed by atoms with van der Waals surface area (Å²) in [6, 6.07) is 18.1. The standard InChI is InChI=1S/C24H21F2N3O/c25-17-6-4-16(5-7-17)21-12-13-22-23(21)29(20-10-8-18(26)9-11-20)24(30)28(22)15-19-3-1-2-14-27-19/h1-11,14,21-23H,12-13,15H2/t21-,22-,23+/m0/s1. The van der Waals surface area contributed by atoms with Gasteiger partial charge in [0.15, 0.2) is 0 Å². The summed E-state index contributed by atoms with van der Waals surface area (Å²) < 4.78 is 27.0. The Balaban J connectivity index is 1.54. The van der Waals surface area contributed by atoms with Crippen LogP contribution in [0.2, 0.25) is 0 Å². The SMILES string of the molecule is O=C1N(Cc2ccccn2)[C@H]2CC[C@@H](c3ccc(F)cc3)[C@H]2N1c1ccc(F)cc1. The molecule has 2 heterocycles. The molecule has 1 aliphatic heterocycles. The molecule has 3 aromatic rings. The van der Waals surface area contributed by atoms with E-state index in [1.807, 2.05) is 23.1 Å². The highest BCUT2D eigenvalue weighted by molar-refractivity contribution is 5.96. The molecule has 0 unspecified atom stereocenters. The van der Waals surface area contributed by atoms with Gasteiger partial charge in [-0.1, -0.05) is 18.2 Å². The first kappa shape index (κ1) is 18.7. The van der Waals surface area contributed by atoms with Crippen LogP contribution < -0.4 is 4.90 Å². The molecule has 0 spiro atoms. The van der Waals surface area contributed by atoms with E-state index in [0.717, 1.165) is 24.1 Å². The van der Waals surface area contributed by atoms with Crippen LogP contribution in [0, 0.1) is 11.6 Å². The molecule has 6 heteroatoms. The molecule has 3 atom stereocenters. The quantitative estimate of drug-likeness (QED) is 0.604. The van der Waals surface area contributed by atoms with Crippen LogP contribution >= 0.6 is 0 Å². The lowest BCUT2D eigenvalue weighted by atomic mass is 9.92. The Morgan fingerprint density at radius 3 is 2.27 bits per heavy atom. The number of fused-ring (bicyclic) bond motifs is 1. The van der Waals surface area contributed by atoms with Crippen molar-refractivity contribution in [2.24, 2.45) is 0 Å². The summed E-state index contributed by atoms with van der Waals surface area (Å²) in [5.41, 5.74) is 2.52. The van der Waals surface area contributed by atoms with E-state index in [4.69, 9.17) is 0 Å². The van der Waals surface area contributed by atoms with Crippen molar-refractivity contribution >= 4 is 11.7 Å². The van der Waals surface area contributed by atoms with Crippen LogP contribution in [-0.2, 0) is 6.54 Å². The van der Waals surface area contributed by atoms with Crippen LogP contribution in [-0.4, -0.2) is 28.0 Å². The zero-order chi connectivity index (χ0) is 20.7. The molecule has 152 valence electrons. The molecule has 2 fully saturated rings. The van der Waals surface area contributed by atoms with Crippen LogP contribution in [0.1, 0.15) is 30.0 Å². The van der Waals surface area contributed by atoms with Crippen LogP contribution in [0.4, 0.5) is 19.3 Å². The number of benzene rings is 2. The largest absolute Gasteiger partial charge is 0.325 e. The number of amides is 2. The van der Waals surface area contributed by atoms with Gasteiger partial charge in [-0.05, 0) is 66.9 Å². The number of nitrogens with zero attached hydrogens (tertiary/aromatic N) is 3. The summed E-state index contributed by atoms with van der Waals surface area (Å²) in [6.07, 6.45) is 3.47. The summed E-state index contributed by atoms with van der Waals surface area (Å²) in [5, 5.41) is 0. The van der Waals surface area contributed by atoms with Gasteiger partial charge in [0, 0.05) is 17.8 Å². The van der Waals surface area contributed by atoms with E-state index in [1.165, 1.54) is 24.3 Å². The summed E-state index contributed by atoms with van der Waals surface area (Å²) in [5.74, 6) is -0.532. The van der Waals surface area contributed by atoms with E-state index >= 15 is 0 Å². The lowest BCUT2D eigenvalue weighted by Crippen LogP contribution is -2.37. The number of pyridine rings is 1. The van der Waals surface area contributed by atoms with Crippen LogP contribution in [0.5, 0.6) is 0 Å². The Morgan fingerprint density at radius 1 is 0.900 bits per heavy atom. The highest BCUT2D eigenvalue weighted by atomic mass is 19.1. The third-order valence-corrected chi connectivity index (χ3v) is 6.19. The van der Waals surface area contributed by atoms with Gasteiger partial charge in [0.05, 0.1) is 24.3 Å². The summed E-state index contributed by atoms with van der Waals surface area (Å²) in [7, 11) is 0. The number of carbonyl (C=O) groups excluding carboxylic acids is 1. The molecule has 2 amide bonds. The Hall–Kier alpha value is -3.28. The Bertz CT molecular complexity index is 1040. The van der Waals surface area contributed by atoms with Crippen molar-refractivity contribution in [3.8, 4) is 0 Å². The average Bonchev–Trinajstić information content (AvgIpc) is 3.29. The number of hydrogen-bond donors (Lipinski definition) is 0. The molecule has 2 aromatic carbocycles. The summed E-state index contributed by atoms with van der Waals surface area (Å²) in [4.78, 5) is 21.6. The van der Waals surface area contributed by atoms with Gasteiger partial charge in [0.2, 0.25) is 0 Å². The molecule has 5 rings (SSSR count). The highest BCUT2D eigenvalue weighted by Crippen LogP contribution is 2.46. The van der Waals surface area contributed by atoms with E-state index in [-0.39, 0.29) is 35.7 Å². The molecule has 4 nitrogen and oxygen atoms in total. The minimum absolute atomic E-state index is 0.0135. The Kier molecular flexibility index (Phi) is 4.69. The maximum absolute atomic E-state index is 13.5. The zero-order valence-electron chi connectivity index (χ0n) is 16.3. The minimum atomic E-state index is -0.339. The van der Waals surface area contributed by atoms with Gasteiger partial charge in [-0.3, -0.25) is 9.88 Å². The molecule has 0 bridgehead atoms. The number of carbonyl (C=O) groups is 1. The van der Waals surface area contributed by atoms with E-state index < -0.39 is 0 Å². The summed E-state index contributed by atoms with van der Waals surface area (Å²) in [6.45, 7) is 0.425. The first-order chi connectivity index (χ1) is 14.6. The van der Waals surface area contributed by atoms with Gasteiger partial charge in [-0.2, -0.15) is 0 Å². The second-order valence-electron chi connectivity index (χ2n) is 7.87. The first-order valence-corrected chi connectivity index (χ1v) is 10.1. The highest BCUT2D eigenvalue weighted by Gasteiger charge is 2.53. The molecule has 2 aliphatic rings. The topological polar surface area (TPSA) is 36.4 Å². The Morgan fingerprint density at radius 2 is 1.60 bits per heavy atom. The third-order valence-electron chi connectivity index (χ3n) is 6.19. The van der Waals surface area contributed by atoms with E-state index in [2.05, 4.69) is 4.98 Å². The number of rotatable bonds is 4. The van der Waals surface area contributed by atoms with E-state index in [0.29, 0.717) is 12.2 Å². The van der Waals surface area contributed by atoms with Gasteiger partial charge in [-0.15, -0.1) is 0 Å². The number of urea groups is 1. The van der Waals surface area contributed by atoms with Gasteiger partial charge < -0.3 is 4.90 Å². The predicted molar refractivity (Wildman–Crippen MR) is 110 cm³/mol. The van der Waals surface area contributed by atoms with Crippen molar-refractivity contribution in [2.45, 2.75) is 37.4 Å². The monoisotopic (exact) mass is 405 g/mol. The smallest absolute Gasteiger partial charge is 0.313 e. The minimum Gasteiger partial charge on any atom is -0.313 e. The average molecular weight is 405 g/mol. The lowest BCUT2D eigenvalue weighted by Gasteiger charge is -2.28. The second-order valence-corrected chi connectivity index (χ2v) is 7.87. The molecular formula is C24H21F2N3O. The van der Waals surface area contributed by atoms with Crippen molar-refractivity contribution in [1.82, 2.24) is 9.88 Å². The zero-order valence-corrected chi connectivity index (χ0v) is 16.3. The second kappa shape index (κ2) is 7.52. The molecule has 1 saturated heterocycles. The van der Waals surface area contributed by atoms with Crippen molar-refractivity contribution in [1.29, 1.82) is 0 Å². The van der Waals surface area contributed by atoms with Crippen molar-refractivity contribution in [3.05, 3.63) is 95.8 Å². The fourth-order valence-electron chi connectivity index (χ4n) is 4.87. The fourth-order valence-corrected chi connectivity index (χ4v) is 4.87. The van der Waals surface area contributed by atoms with Crippen molar-refractivity contribution < 1.29 is 13.6 Å². The maximum Gasteiger partial charge on any atom is 0.325 e. The van der Waals surface area contributed by atoms with E-state index in [1.54, 1.807) is 35.4 Å². The molecular weight excluding hydrogens is 384 g/mol. The van der Waals surface area contributed by atoms with Gasteiger partial charge in [0.25, 0.3) is 0 Å². The van der Waals surface area contributed by atoms with Crippen molar-refractivity contribution in [2.75, 3.05) is 4.90 Å². The number of anilines is 1. The number of hydrogen-bond acceptors (Lipinski definition) is 2. The third kappa shape index (κ3) is 3.22. The number of aromatic nitrogens is 1. The lowest BCUT2D eigenvalue weighted by molar-refractivity contribution is 0.200. The van der Waals surface area contributed by atoms with Gasteiger partial charge in [-0.25, -0.2) is 13.6 Å². The van der Waals surface area contributed by atoms with E-state index in [9.17, 15) is 13.6 Å². The maximum atomic E-state index is 13.5. The summed E-state index contributed by atoms with van der Waals surface area (Å²) >= 11 is 0. The van der Waals surface area contributed by atoms with Gasteiger partial charge in [0.1, 0.15) is 11.6 Å². The molecule has 0 radical (unpaired) electrons. The molecule has 1 saturated carbocycles. The van der Waals surface area contributed by atoms with Crippen LogP contribution in [0.25, 0.3) is 0 Å². The van der Waals surface area contributed by atoms with Crippen LogP contribution in [0.3, 0.4) is 0 Å². The first-order valence-electron chi connectivity index (χ1n) is 10.1. The molecule has 1 aliphatic carbocycles. The molecule has 30 heavy (non-hydrogen) atoms. The normalized spacial score (nSPS) is 23.1. The van der Waals surface area contributed by atoms with Gasteiger partial charge >= 0.3 is 6.03 Å². The van der Waals surface area contributed by atoms with Crippen LogP contribution in [0.15, 0.2) is 72.9 Å². The number of halogens is 2.